The Balaban J connectivity index is 2.03. The Kier molecular flexibility index (Phi) is 6.50. The SMILES string of the molecule is CC1CN(C(=O)NCC2(C)CC(N=C=O)CC(C)(C)C2)CC(C(F)(F)F)N1C. The minimum atomic E-state index is -4.39. The number of aliphatic imine (C=N–C) groups is 1. The predicted molar refractivity (Wildman–Crippen MR) is 99.7 cm³/mol. The van der Waals surface area contributed by atoms with E-state index < -0.39 is 18.2 Å². The van der Waals surface area contributed by atoms with Crippen molar-refractivity contribution in [2.75, 3.05) is 26.7 Å². The van der Waals surface area contributed by atoms with Gasteiger partial charge in [0.05, 0.1) is 6.04 Å². The average molecular weight is 404 g/mol. The standard InChI is InChI=1S/C19H31F3N4O2/c1-13-8-26(9-15(25(13)5)19(20,21)22)16(28)23-11-18(4)7-14(24-12-27)6-17(2,3)10-18/h13-15H,6-11H2,1-5H3,(H,23,28). The lowest BCUT2D eigenvalue weighted by atomic mass is 9.63. The average Bonchev–Trinajstić information content (AvgIpc) is 2.52. The number of nitrogens with zero attached hydrogens (tertiary/aromatic N) is 3. The van der Waals surface area contributed by atoms with E-state index in [0.717, 1.165) is 12.8 Å². The van der Waals surface area contributed by atoms with Crippen LogP contribution in [0.4, 0.5) is 18.0 Å². The molecule has 0 spiro atoms. The number of piperazine rings is 1. The fraction of sp³-hybridized carbons (Fsp3) is 0.895. The molecule has 1 saturated carbocycles. The van der Waals surface area contributed by atoms with Crippen LogP contribution in [-0.4, -0.2) is 72.9 Å². The zero-order valence-corrected chi connectivity index (χ0v) is 17.3. The van der Waals surface area contributed by atoms with Gasteiger partial charge in [-0.15, -0.1) is 0 Å². The van der Waals surface area contributed by atoms with Gasteiger partial charge in [0.15, 0.2) is 0 Å². The summed E-state index contributed by atoms with van der Waals surface area (Å²) in [6, 6.07) is -2.69. The lowest BCUT2D eigenvalue weighted by molar-refractivity contribution is -0.196. The van der Waals surface area contributed by atoms with E-state index in [1.807, 2.05) is 6.92 Å². The number of urea groups is 1. The van der Waals surface area contributed by atoms with Gasteiger partial charge in [-0.25, -0.2) is 14.6 Å². The third kappa shape index (κ3) is 5.47. The van der Waals surface area contributed by atoms with E-state index in [2.05, 4.69) is 24.2 Å². The number of halogens is 3. The first-order chi connectivity index (χ1) is 12.8. The van der Waals surface area contributed by atoms with Crippen molar-refractivity contribution in [2.45, 2.75) is 71.3 Å². The number of amides is 2. The minimum Gasteiger partial charge on any atom is -0.337 e. The van der Waals surface area contributed by atoms with Crippen LogP contribution >= 0.6 is 0 Å². The van der Waals surface area contributed by atoms with Gasteiger partial charge in [0.2, 0.25) is 6.08 Å². The van der Waals surface area contributed by atoms with Crippen LogP contribution in [0.1, 0.15) is 47.0 Å². The highest BCUT2D eigenvalue weighted by Crippen LogP contribution is 2.46. The molecule has 1 heterocycles. The van der Waals surface area contributed by atoms with Crippen molar-refractivity contribution in [1.82, 2.24) is 15.1 Å². The fourth-order valence-corrected chi connectivity index (χ4v) is 4.95. The van der Waals surface area contributed by atoms with Crippen molar-refractivity contribution in [3.05, 3.63) is 0 Å². The minimum absolute atomic E-state index is 0.0491. The number of likely N-dealkylation sites (N-methyl/N-ethyl adjacent to an activating group) is 1. The molecule has 1 aliphatic carbocycles. The van der Waals surface area contributed by atoms with E-state index in [-0.39, 0.29) is 36.0 Å². The predicted octanol–water partition coefficient (Wildman–Crippen LogP) is 3.18. The highest BCUT2D eigenvalue weighted by Gasteiger charge is 2.48. The highest BCUT2D eigenvalue weighted by molar-refractivity contribution is 5.74. The molecule has 2 aliphatic rings. The summed E-state index contributed by atoms with van der Waals surface area (Å²) in [5, 5.41) is 2.83. The molecule has 2 fully saturated rings. The van der Waals surface area contributed by atoms with Crippen LogP contribution in [0.15, 0.2) is 4.99 Å². The second-order valence-electron chi connectivity index (χ2n) is 9.57. The number of hydrogen-bond acceptors (Lipinski definition) is 4. The van der Waals surface area contributed by atoms with Crippen LogP contribution in [0, 0.1) is 10.8 Å². The molecule has 4 unspecified atom stereocenters. The molecule has 2 rings (SSSR count). The van der Waals surface area contributed by atoms with Gasteiger partial charge < -0.3 is 10.2 Å². The summed E-state index contributed by atoms with van der Waals surface area (Å²) >= 11 is 0. The van der Waals surface area contributed by atoms with Gasteiger partial charge in [-0.1, -0.05) is 20.8 Å². The third-order valence-electron chi connectivity index (χ3n) is 6.05. The first kappa shape index (κ1) is 22.7. The Morgan fingerprint density at radius 3 is 2.46 bits per heavy atom. The third-order valence-corrected chi connectivity index (χ3v) is 6.05. The van der Waals surface area contributed by atoms with Crippen LogP contribution in [-0.2, 0) is 4.79 Å². The molecule has 0 aromatic carbocycles. The molecule has 0 aromatic rings. The molecule has 6 nitrogen and oxygen atoms in total. The van der Waals surface area contributed by atoms with E-state index >= 15 is 0 Å². The van der Waals surface area contributed by atoms with Crippen LogP contribution < -0.4 is 5.32 Å². The number of rotatable bonds is 3. The topological polar surface area (TPSA) is 65.0 Å². The number of alkyl halides is 3. The Bertz CT molecular complexity index is 633. The number of hydrogen-bond donors (Lipinski definition) is 1. The zero-order valence-electron chi connectivity index (χ0n) is 17.3. The zero-order chi connectivity index (χ0) is 21.3. The second-order valence-corrected chi connectivity index (χ2v) is 9.57. The van der Waals surface area contributed by atoms with E-state index in [0.29, 0.717) is 13.0 Å². The number of carbonyl (C=O) groups excluding carboxylic acids is 2. The summed E-state index contributed by atoms with van der Waals surface area (Å²) < 4.78 is 39.9. The lowest BCUT2D eigenvalue weighted by Crippen LogP contribution is -2.63. The Hall–Kier alpha value is -1.60. The summed E-state index contributed by atoms with van der Waals surface area (Å²) in [6.45, 7) is 8.09. The Morgan fingerprint density at radius 2 is 1.89 bits per heavy atom. The Morgan fingerprint density at radius 1 is 1.25 bits per heavy atom. The molecule has 1 saturated heterocycles. The van der Waals surface area contributed by atoms with Gasteiger partial charge >= 0.3 is 12.2 Å². The molecular weight excluding hydrogens is 373 g/mol. The van der Waals surface area contributed by atoms with Crippen molar-refractivity contribution >= 4 is 12.1 Å². The molecule has 28 heavy (non-hydrogen) atoms. The van der Waals surface area contributed by atoms with Crippen LogP contribution in [0.3, 0.4) is 0 Å². The first-order valence-electron chi connectivity index (χ1n) is 9.65. The molecular formula is C19H31F3N4O2. The number of isocyanates is 1. The fourth-order valence-electron chi connectivity index (χ4n) is 4.95. The summed E-state index contributed by atoms with van der Waals surface area (Å²) in [7, 11) is 1.44. The highest BCUT2D eigenvalue weighted by atomic mass is 19.4. The second kappa shape index (κ2) is 8.03. The van der Waals surface area contributed by atoms with Crippen LogP contribution in [0.25, 0.3) is 0 Å². The van der Waals surface area contributed by atoms with Crippen molar-refractivity contribution in [1.29, 1.82) is 0 Å². The van der Waals surface area contributed by atoms with Gasteiger partial charge in [-0.2, -0.15) is 13.2 Å². The summed E-state index contributed by atoms with van der Waals surface area (Å²) in [4.78, 5) is 29.7. The molecule has 1 aliphatic heterocycles. The van der Waals surface area contributed by atoms with Crippen molar-refractivity contribution in [2.24, 2.45) is 15.8 Å². The van der Waals surface area contributed by atoms with Gasteiger partial charge in [0.1, 0.15) is 6.04 Å². The summed E-state index contributed by atoms with van der Waals surface area (Å²) in [6.07, 6.45) is -0.525. The maximum atomic E-state index is 13.3. The summed E-state index contributed by atoms with van der Waals surface area (Å²) in [5.74, 6) is 0. The molecule has 4 atom stereocenters. The van der Waals surface area contributed by atoms with Gasteiger partial charge in [0.25, 0.3) is 0 Å². The molecule has 160 valence electrons. The molecule has 1 N–H and O–H groups in total. The van der Waals surface area contributed by atoms with E-state index in [1.165, 1.54) is 16.8 Å². The number of carbonyl (C=O) groups is 1. The van der Waals surface area contributed by atoms with Gasteiger partial charge in [-0.3, -0.25) is 4.90 Å². The largest absolute Gasteiger partial charge is 0.405 e. The maximum absolute atomic E-state index is 13.3. The Labute approximate surface area is 164 Å². The summed E-state index contributed by atoms with van der Waals surface area (Å²) in [5.41, 5.74) is -0.337. The number of nitrogens with one attached hydrogen (secondary N) is 1. The van der Waals surface area contributed by atoms with Gasteiger partial charge in [0, 0.05) is 25.7 Å². The van der Waals surface area contributed by atoms with Crippen molar-refractivity contribution < 1.29 is 22.8 Å². The monoisotopic (exact) mass is 404 g/mol. The van der Waals surface area contributed by atoms with E-state index in [4.69, 9.17) is 0 Å². The molecule has 2 amide bonds. The van der Waals surface area contributed by atoms with Crippen LogP contribution in [0.5, 0.6) is 0 Å². The smallest absolute Gasteiger partial charge is 0.337 e. The maximum Gasteiger partial charge on any atom is 0.405 e. The van der Waals surface area contributed by atoms with E-state index in [1.54, 1.807) is 13.0 Å². The molecule has 0 aromatic heterocycles. The van der Waals surface area contributed by atoms with E-state index in [9.17, 15) is 22.8 Å². The molecule has 0 bridgehead atoms. The molecule has 9 heteroatoms. The van der Waals surface area contributed by atoms with Crippen molar-refractivity contribution in [3.8, 4) is 0 Å². The van der Waals surface area contributed by atoms with Crippen molar-refractivity contribution in [3.63, 3.8) is 0 Å². The first-order valence-corrected chi connectivity index (χ1v) is 9.65. The van der Waals surface area contributed by atoms with Gasteiger partial charge in [-0.05, 0) is 44.1 Å². The molecule has 0 radical (unpaired) electrons. The quantitative estimate of drug-likeness (QED) is 0.580. The lowest BCUT2D eigenvalue weighted by Gasteiger charge is -2.46. The van der Waals surface area contributed by atoms with Crippen LogP contribution in [0.2, 0.25) is 0 Å². The normalized spacial score (nSPS) is 33.9.